The number of carbonyl (C=O) groups is 1. The molecule has 2 aliphatic rings. The largest absolute Gasteiger partial charge is 0.380 e. The summed E-state index contributed by atoms with van der Waals surface area (Å²) in [4.78, 5) is 11.9. The van der Waals surface area contributed by atoms with Crippen LogP contribution < -0.4 is 0 Å². The summed E-state index contributed by atoms with van der Waals surface area (Å²) in [6.07, 6.45) is 4.90. The molecule has 2 nitrogen and oxygen atoms in total. The summed E-state index contributed by atoms with van der Waals surface area (Å²) in [5.74, 6) is 10.6. The predicted octanol–water partition coefficient (Wildman–Crippen LogP) is 0.909. The Kier molecular flexibility index (Phi) is 2.90. The van der Waals surface area contributed by atoms with Crippen LogP contribution in [0.25, 0.3) is 0 Å². The van der Waals surface area contributed by atoms with Gasteiger partial charge >= 0.3 is 0 Å². The highest BCUT2D eigenvalue weighted by Gasteiger charge is 2.34. The Morgan fingerprint density at radius 3 is 2.73 bits per heavy atom. The summed E-state index contributed by atoms with van der Waals surface area (Å²) in [6, 6.07) is 0. The number of ketones is 1. The van der Waals surface area contributed by atoms with E-state index in [9.17, 15) is 9.90 Å². The Hall–Kier alpha value is -1.51. The van der Waals surface area contributed by atoms with Gasteiger partial charge in [0.05, 0.1) is 11.8 Å². The van der Waals surface area contributed by atoms with Crippen molar-refractivity contribution in [3.8, 4) is 23.7 Å². The Morgan fingerprint density at radius 2 is 1.93 bits per heavy atom. The van der Waals surface area contributed by atoms with Crippen LogP contribution in [0.4, 0.5) is 0 Å². The third-order valence-electron chi connectivity index (χ3n) is 2.84. The van der Waals surface area contributed by atoms with Crippen molar-refractivity contribution in [3.63, 3.8) is 0 Å². The van der Waals surface area contributed by atoms with Crippen LogP contribution in [-0.4, -0.2) is 17.0 Å². The van der Waals surface area contributed by atoms with E-state index in [1.54, 1.807) is 12.2 Å². The predicted molar refractivity (Wildman–Crippen MR) is 56.5 cm³/mol. The molecule has 3 atom stereocenters. The van der Waals surface area contributed by atoms with Crippen molar-refractivity contribution in [1.82, 2.24) is 0 Å². The summed E-state index contributed by atoms with van der Waals surface area (Å²) in [6.45, 7) is 0. The minimum atomic E-state index is -0.829. The second-order valence-corrected chi connectivity index (χ2v) is 3.85. The fourth-order valence-electron chi connectivity index (χ4n) is 2.01. The fraction of sp³-hybridized carbons (Fsp3) is 0.462. The fourth-order valence-corrected chi connectivity index (χ4v) is 2.01. The second-order valence-electron chi connectivity index (χ2n) is 3.85. The van der Waals surface area contributed by atoms with E-state index in [0.717, 1.165) is 19.3 Å². The van der Waals surface area contributed by atoms with E-state index in [0.29, 0.717) is 0 Å². The highest BCUT2D eigenvalue weighted by Crippen LogP contribution is 2.27. The molecule has 0 saturated heterocycles. The molecular weight excluding hydrogens is 188 g/mol. The number of allylic oxidation sites excluding steroid dienone is 2. The van der Waals surface area contributed by atoms with Gasteiger partial charge in [0.1, 0.15) is 6.10 Å². The standard InChI is InChI=1S/C13H12O2/c14-12-9-4-2-1-3-6-10-7-5-8-11(12)13(10)15/h1-2,10-12,14H,5,7-8H2/b2-1-. The van der Waals surface area contributed by atoms with E-state index in [-0.39, 0.29) is 17.6 Å². The lowest BCUT2D eigenvalue weighted by molar-refractivity contribution is -0.129. The number of hydrogen-bond acceptors (Lipinski definition) is 2. The molecule has 1 N–H and O–H groups in total. The first-order valence-corrected chi connectivity index (χ1v) is 5.18. The molecule has 0 aromatic heterocycles. The van der Waals surface area contributed by atoms with Gasteiger partial charge in [0.15, 0.2) is 5.78 Å². The molecule has 0 radical (unpaired) electrons. The lowest BCUT2D eigenvalue weighted by atomic mass is 9.77. The Morgan fingerprint density at radius 1 is 1.20 bits per heavy atom. The number of carbonyl (C=O) groups excluding carboxylic acids is 1. The maximum atomic E-state index is 11.9. The van der Waals surface area contributed by atoms with Gasteiger partial charge in [-0.1, -0.05) is 30.1 Å². The minimum Gasteiger partial charge on any atom is -0.380 e. The van der Waals surface area contributed by atoms with Crippen molar-refractivity contribution in [2.75, 3.05) is 0 Å². The summed E-state index contributed by atoms with van der Waals surface area (Å²) in [7, 11) is 0. The number of hydrogen-bond donors (Lipinski definition) is 1. The van der Waals surface area contributed by atoms with E-state index in [1.807, 2.05) is 0 Å². The molecular formula is C13H12O2. The smallest absolute Gasteiger partial charge is 0.154 e. The average Bonchev–Trinajstić information content (AvgIpc) is 2.23. The normalized spacial score (nSPS) is 35.5. The number of aliphatic hydroxyl groups excluding tert-OH is 1. The molecule has 0 aliphatic heterocycles. The van der Waals surface area contributed by atoms with Gasteiger partial charge in [-0.3, -0.25) is 4.79 Å². The first-order valence-electron chi connectivity index (χ1n) is 5.18. The van der Waals surface area contributed by atoms with E-state index >= 15 is 0 Å². The maximum Gasteiger partial charge on any atom is 0.154 e. The molecule has 0 spiro atoms. The van der Waals surface area contributed by atoms with Crippen molar-refractivity contribution in [2.45, 2.75) is 25.4 Å². The number of aliphatic hydroxyl groups is 1. The highest BCUT2D eigenvalue weighted by atomic mass is 16.3. The number of fused-ring (bicyclic) bond motifs is 2. The van der Waals surface area contributed by atoms with E-state index < -0.39 is 6.10 Å². The summed E-state index contributed by atoms with van der Waals surface area (Å²) >= 11 is 0. The second kappa shape index (κ2) is 4.34. The zero-order chi connectivity index (χ0) is 10.7. The molecule has 1 saturated carbocycles. The molecule has 2 bridgehead atoms. The van der Waals surface area contributed by atoms with Crippen LogP contribution in [0, 0.1) is 35.5 Å². The van der Waals surface area contributed by atoms with E-state index in [4.69, 9.17) is 0 Å². The van der Waals surface area contributed by atoms with Gasteiger partial charge in [0.2, 0.25) is 0 Å². The van der Waals surface area contributed by atoms with Crippen molar-refractivity contribution in [1.29, 1.82) is 0 Å². The van der Waals surface area contributed by atoms with Gasteiger partial charge in [-0.25, -0.2) is 0 Å². The van der Waals surface area contributed by atoms with Gasteiger partial charge in [0.25, 0.3) is 0 Å². The molecule has 0 aromatic carbocycles. The highest BCUT2D eigenvalue weighted by molar-refractivity contribution is 5.87. The molecule has 15 heavy (non-hydrogen) atoms. The lowest BCUT2D eigenvalue weighted by Crippen LogP contribution is -2.35. The van der Waals surface area contributed by atoms with Gasteiger partial charge < -0.3 is 5.11 Å². The molecule has 0 amide bonds. The summed E-state index contributed by atoms with van der Waals surface area (Å²) < 4.78 is 0. The number of Topliss-reactive ketones (excluding diaryl/α,β-unsaturated/α-hetero) is 1. The molecule has 1 fully saturated rings. The Labute approximate surface area is 89.4 Å². The van der Waals surface area contributed by atoms with Crippen molar-refractivity contribution in [2.24, 2.45) is 11.8 Å². The van der Waals surface area contributed by atoms with Crippen LogP contribution in [0.2, 0.25) is 0 Å². The monoisotopic (exact) mass is 200 g/mol. The van der Waals surface area contributed by atoms with E-state index in [2.05, 4.69) is 23.7 Å². The van der Waals surface area contributed by atoms with Crippen LogP contribution in [-0.2, 0) is 4.79 Å². The lowest BCUT2D eigenvalue weighted by Gasteiger charge is -2.26. The molecule has 0 aromatic rings. The molecule has 3 unspecified atom stereocenters. The van der Waals surface area contributed by atoms with E-state index in [1.165, 1.54) is 0 Å². The van der Waals surface area contributed by atoms with Gasteiger partial charge in [-0.15, -0.1) is 0 Å². The topological polar surface area (TPSA) is 37.3 Å². The van der Waals surface area contributed by atoms with Crippen molar-refractivity contribution < 1.29 is 9.90 Å². The van der Waals surface area contributed by atoms with Crippen LogP contribution in [0.15, 0.2) is 12.2 Å². The summed E-state index contributed by atoms with van der Waals surface area (Å²) in [5, 5.41) is 9.74. The molecule has 76 valence electrons. The van der Waals surface area contributed by atoms with Gasteiger partial charge in [0, 0.05) is 0 Å². The zero-order valence-corrected chi connectivity index (χ0v) is 8.36. The van der Waals surface area contributed by atoms with Crippen LogP contribution >= 0.6 is 0 Å². The van der Waals surface area contributed by atoms with Crippen LogP contribution in [0.3, 0.4) is 0 Å². The first kappa shape index (κ1) is 10.0. The quantitative estimate of drug-likeness (QED) is 0.590. The SMILES string of the molecule is O=C1C2C#C/C=C\C#CC(O)C1CCC2. The first-order chi connectivity index (χ1) is 7.29. The zero-order valence-electron chi connectivity index (χ0n) is 8.36. The molecule has 2 aliphatic carbocycles. The Balaban J connectivity index is 2.34. The van der Waals surface area contributed by atoms with Gasteiger partial charge in [-0.2, -0.15) is 0 Å². The van der Waals surface area contributed by atoms with Gasteiger partial charge in [-0.05, 0) is 25.0 Å². The molecule has 2 heteroatoms. The van der Waals surface area contributed by atoms with Crippen LogP contribution in [0.5, 0.6) is 0 Å². The van der Waals surface area contributed by atoms with Crippen molar-refractivity contribution in [3.05, 3.63) is 12.2 Å². The average molecular weight is 200 g/mol. The third kappa shape index (κ3) is 2.12. The third-order valence-corrected chi connectivity index (χ3v) is 2.84. The Bertz CT molecular complexity index is 411. The number of rotatable bonds is 0. The van der Waals surface area contributed by atoms with Crippen molar-refractivity contribution >= 4 is 5.78 Å². The van der Waals surface area contributed by atoms with Crippen LogP contribution in [0.1, 0.15) is 19.3 Å². The molecule has 2 rings (SSSR count). The summed E-state index contributed by atoms with van der Waals surface area (Å²) in [5.41, 5.74) is 0. The minimum absolute atomic E-state index is 0.0610. The molecule has 0 heterocycles. The maximum absolute atomic E-state index is 11.9.